The Bertz CT molecular complexity index is 97.7. The van der Waals surface area contributed by atoms with Crippen molar-refractivity contribution in [2.45, 2.75) is 6.42 Å². The molecule has 9 heavy (non-hydrogen) atoms. The zero-order valence-corrected chi connectivity index (χ0v) is 5.92. The second-order valence-electron chi connectivity index (χ2n) is 2.01. The summed E-state index contributed by atoms with van der Waals surface area (Å²) in [5, 5.41) is 2.51. The van der Waals surface area contributed by atoms with Gasteiger partial charge in [0.25, 0.3) is 0 Å². The molecule has 1 amide bonds. The number of amides is 1. The first-order valence-electron chi connectivity index (χ1n) is 3.52. The van der Waals surface area contributed by atoms with Crippen molar-refractivity contribution in [3.05, 3.63) is 0 Å². The third-order valence-corrected chi connectivity index (χ3v) is 0.866. The van der Waals surface area contributed by atoms with Crippen molar-refractivity contribution >= 4 is 6.41 Å². The molecule has 1 unspecified atom stereocenters. The maximum Gasteiger partial charge on any atom is 0.207 e. The van der Waals surface area contributed by atoms with Crippen molar-refractivity contribution in [1.29, 1.82) is 0 Å². The van der Waals surface area contributed by atoms with Gasteiger partial charge in [-0.1, -0.05) is 0 Å². The summed E-state index contributed by atoms with van der Waals surface area (Å²) in [4.78, 5) is 11.6. The summed E-state index contributed by atoms with van der Waals surface area (Å²) in [5.74, 6) is 0. The molecule has 0 rings (SSSR count). The van der Waals surface area contributed by atoms with Crippen LogP contribution in [0.4, 0.5) is 0 Å². The summed E-state index contributed by atoms with van der Waals surface area (Å²) in [6.45, 7) is 0.364. The highest BCUT2D eigenvalue weighted by Gasteiger charge is 1.87. The van der Waals surface area contributed by atoms with E-state index in [0.29, 0.717) is 19.4 Å². The molecule has 0 heterocycles. The second-order valence-corrected chi connectivity index (χ2v) is 2.01. The van der Waals surface area contributed by atoms with Crippen LogP contribution in [-0.2, 0) is 4.79 Å². The molecule has 54 valence electrons. The Morgan fingerprint density at radius 2 is 2.44 bits per heavy atom. The number of nitrogens with zero attached hydrogens (tertiary/aromatic N) is 1. The van der Waals surface area contributed by atoms with Crippen LogP contribution >= 0.6 is 0 Å². The van der Waals surface area contributed by atoms with Crippen molar-refractivity contribution in [3.8, 4) is 0 Å². The molecule has 0 fully saturated rings. The van der Waals surface area contributed by atoms with Gasteiger partial charge in [0.15, 0.2) is 0 Å². The fourth-order valence-electron chi connectivity index (χ4n) is 0.465. The highest BCUT2D eigenvalue weighted by atomic mass is 16.1. The van der Waals surface area contributed by atoms with Gasteiger partial charge in [-0.05, 0) is 27.0 Å². The molecule has 0 aromatic carbocycles. The van der Waals surface area contributed by atoms with Gasteiger partial charge in [0.2, 0.25) is 6.41 Å². The minimum Gasteiger partial charge on any atom is -0.359 e. The van der Waals surface area contributed by atoms with Crippen molar-refractivity contribution < 1.29 is 6.17 Å². The van der Waals surface area contributed by atoms with E-state index in [1.165, 1.54) is 0 Å². The normalized spacial score (nSPS) is 14.8. The van der Waals surface area contributed by atoms with Crippen molar-refractivity contribution in [3.63, 3.8) is 0 Å². The van der Waals surface area contributed by atoms with Gasteiger partial charge in [0, 0.05) is 7.92 Å². The Labute approximate surface area is 57.4 Å². The second kappa shape index (κ2) is 5.56. The third kappa shape index (κ3) is 7.43. The van der Waals surface area contributed by atoms with E-state index < -0.39 is 0 Å². The zero-order chi connectivity index (χ0) is 7.98. The van der Waals surface area contributed by atoms with Gasteiger partial charge >= 0.3 is 0 Å². The minimum absolute atomic E-state index is 0.215. The smallest absolute Gasteiger partial charge is 0.207 e. The number of rotatable bonds is 5. The van der Waals surface area contributed by atoms with E-state index in [9.17, 15) is 4.79 Å². The van der Waals surface area contributed by atoms with E-state index in [-0.39, 0.29) is 6.52 Å². The molecule has 0 spiro atoms. The van der Waals surface area contributed by atoms with Crippen molar-refractivity contribution in [1.82, 2.24) is 10.2 Å². The van der Waals surface area contributed by atoms with Gasteiger partial charge in [-0.2, -0.15) is 0 Å². The predicted octanol–water partition coefficient (Wildman–Crippen LogP) is -0.316. The molecule has 0 aliphatic heterocycles. The first kappa shape index (κ1) is 6.55. The molecular formula is C6H14N2O. The van der Waals surface area contributed by atoms with Crippen LogP contribution in [0.25, 0.3) is 0 Å². The van der Waals surface area contributed by atoms with Crippen molar-refractivity contribution in [2.24, 2.45) is 0 Å². The van der Waals surface area contributed by atoms with E-state index in [1.54, 1.807) is 4.90 Å². The standard InChI is InChI=1S/C6H14N2O/c1-8(2)5-3-4-7-6-9/h6H,3-5H2,1-2H3,(H,7,9)/i5D. The first-order chi connectivity index (χ1) is 4.68. The molecule has 0 saturated heterocycles. The number of nitrogens with one attached hydrogen (secondary N) is 1. The number of hydrogen-bond acceptors (Lipinski definition) is 2. The van der Waals surface area contributed by atoms with Crippen LogP contribution in [0, 0.1) is 0 Å². The van der Waals surface area contributed by atoms with Crippen LogP contribution in [0.15, 0.2) is 0 Å². The molecule has 1 N–H and O–H groups in total. The van der Waals surface area contributed by atoms with E-state index >= 15 is 0 Å². The van der Waals surface area contributed by atoms with Crippen molar-refractivity contribution in [2.75, 3.05) is 27.2 Å². The Kier molecular flexibility index (Phi) is 4.05. The number of carbonyl (C=O) groups is 1. The lowest BCUT2D eigenvalue weighted by molar-refractivity contribution is -0.109. The summed E-state index contributed by atoms with van der Waals surface area (Å²) in [6, 6.07) is 0. The largest absolute Gasteiger partial charge is 0.359 e. The third-order valence-electron chi connectivity index (χ3n) is 0.866. The lowest BCUT2D eigenvalue weighted by atomic mass is 10.4. The molecule has 1 atom stereocenters. The summed E-state index contributed by atoms with van der Waals surface area (Å²) < 4.78 is 7.38. The molecule has 0 saturated carbocycles. The molecular weight excluding hydrogens is 116 g/mol. The quantitative estimate of drug-likeness (QED) is 0.410. The maximum atomic E-state index is 9.77. The summed E-state index contributed by atoms with van der Waals surface area (Å²) in [6.07, 6.45) is 1.33. The molecule has 0 aromatic heterocycles. The van der Waals surface area contributed by atoms with Gasteiger partial charge in [0.05, 0.1) is 0 Å². The fraction of sp³-hybridized carbons (Fsp3) is 0.833. The van der Waals surface area contributed by atoms with Crippen LogP contribution < -0.4 is 5.32 Å². The molecule has 0 aliphatic carbocycles. The minimum atomic E-state index is -0.215. The number of carbonyl (C=O) groups excluding carboxylic acids is 1. The summed E-state index contributed by atoms with van der Waals surface area (Å²) in [5.41, 5.74) is 0. The summed E-state index contributed by atoms with van der Waals surface area (Å²) in [7, 11) is 3.69. The van der Waals surface area contributed by atoms with Gasteiger partial charge < -0.3 is 10.2 Å². The monoisotopic (exact) mass is 131 g/mol. The molecule has 3 heteroatoms. The summed E-state index contributed by atoms with van der Waals surface area (Å²) >= 11 is 0. The van der Waals surface area contributed by atoms with Crippen LogP contribution in [0.1, 0.15) is 7.79 Å². The van der Waals surface area contributed by atoms with E-state index in [1.807, 2.05) is 14.1 Å². The predicted molar refractivity (Wildman–Crippen MR) is 37.2 cm³/mol. The average molecular weight is 131 g/mol. The molecule has 0 aliphatic rings. The van der Waals surface area contributed by atoms with Gasteiger partial charge in [0.1, 0.15) is 0 Å². The lowest BCUT2D eigenvalue weighted by Crippen LogP contribution is -2.19. The van der Waals surface area contributed by atoms with Crippen LogP contribution in [-0.4, -0.2) is 38.5 Å². The molecule has 3 nitrogen and oxygen atoms in total. The zero-order valence-electron chi connectivity index (χ0n) is 6.92. The first-order valence-corrected chi connectivity index (χ1v) is 2.94. The van der Waals surface area contributed by atoms with Gasteiger partial charge in [-0.15, -0.1) is 0 Å². The molecule has 0 bridgehead atoms. The van der Waals surface area contributed by atoms with Crippen LogP contribution in [0.3, 0.4) is 0 Å². The Morgan fingerprint density at radius 3 is 2.89 bits per heavy atom. The van der Waals surface area contributed by atoms with Gasteiger partial charge in [-0.3, -0.25) is 4.79 Å². The van der Waals surface area contributed by atoms with E-state index in [2.05, 4.69) is 5.32 Å². The fourth-order valence-corrected chi connectivity index (χ4v) is 0.465. The highest BCUT2D eigenvalue weighted by molar-refractivity contribution is 5.45. The Balaban J connectivity index is 3.21. The highest BCUT2D eigenvalue weighted by Crippen LogP contribution is 1.78. The topological polar surface area (TPSA) is 32.3 Å². The number of hydrogen-bond donors (Lipinski definition) is 1. The molecule has 0 aromatic rings. The van der Waals surface area contributed by atoms with E-state index in [4.69, 9.17) is 1.37 Å². The molecule has 0 radical (unpaired) electrons. The average Bonchev–Trinajstić information content (AvgIpc) is 1.88. The Hall–Kier alpha value is -0.570. The Morgan fingerprint density at radius 1 is 1.78 bits per heavy atom. The lowest BCUT2D eigenvalue weighted by Gasteiger charge is -2.07. The van der Waals surface area contributed by atoms with E-state index in [0.717, 1.165) is 0 Å². The van der Waals surface area contributed by atoms with Crippen LogP contribution in [0.2, 0.25) is 0 Å². The van der Waals surface area contributed by atoms with Gasteiger partial charge in [-0.25, -0.2) is 0 Å². The van der Waals surface area contributed by atoms with Crippen LogP contribution in [0.5, 0.6) is 0 Å². The SMILES string of the molecule is [2H]C(CCNC=O)N(C)C. The maximum absolute atomic E-state index is 9.77.